The van der Waals surface area contributed by atoms with Gasteiger partial charge in [0.25, 0.3) is 0 Å². The Balaban J connectivity index is 3.40. The maximum Gasteiger partial charge on any atom is 0.209 e. The van der Waals surface area contributed by atoms with Crippen LogP contribution in [0.25, 0.3) is 0 Å². The van der Waals surface area contributed by atoms with Crippen LogP contribution in [0.4, 0.5) is 0 Å². The minimum absolute atomic E-state index is 0.400. The van der Waals surface area contributed by atoms with Crippen LogP contribution in [0.1, 0.15) is 33.1 Å². The van der Waals surface area contributed by atoms with E-state index in [1.807, 2.05) is 7.05 Å². The van der Waals surface area contributed by atoms with Crippen LogP contribution in [0.15, 0.2) is 0 Å². The average Bonchev–Trinajstić information content (AvgIpc) is 1.98. The Bertz CT molecular complexity index is 93.3. The SMILES string of the molecule is CCCCC(C)N(C)C=O. The first kappa shape index (κ1) is 9.47. The van der Waals surface area contributed by atoms with E-state index < -0.39 is 0 Å². The molecule has 60 valence electrons. The van der Waals surface area contributed by atoms with Crippen molar-refractivity contribution in [2.24, 2.45) is 0 Å². The third-order valence-corrected chi connectivity index (χ3v) is 1.84. The van der Waals surface area contributed by atoms with Crippen LogP contribution in [0.5, 0.6) is 0 Å². The summed E-state index contributed by atoms with van der Waals surface area (Å²) >= 11 is 0. The summed E-state index contributed by atoms with van der Waals surface area (Å²) in [5.41, 5.74) is 0. The van der Waals surface area contributed by atoms with Crippen molar-refractivity contribution in [3.63, 3.8) is 0 Å². The van der Waals surface area contributed by atoms with Crippen LogP contribution in [0.2, 0.25) is 0 Å². The van der Waals surface area contributed by atoms with Crippen molar-refractivity contribution in [1.29, 1.82) is 0 Å². The molecule has 0 aromatic heterocycles. The molecule has 0 aliphatic rings. The van der Waals surface area contributed by atoms with Crippen LogP contribution < -0.4 is 0 Å². The molecule has 0 heterocycles. The lowest BCUT2D eigenvalue weighted by Crippen LogP contribution is -2.27. The molecule has 0 rings (SSSR count). The summed E-state index contributed by atoms with van der Waals surface area (Å²) in [5, 5.41) is 0. The molecule has 0 radical (unpaired) electrons. The van der Waals surface area contributed by atoms with E-state index in [2.05, 4.69) is 13.8 Å². The summed E-state index contributed by atoms with van der Waals surface area (Å²) in [4.78, 5) is 12.0. The Morgan fingerprint density at radius 2 is 2.20 bits per heavy atom. The Hall–Kier alpha value is -0.530. The maximum absolute atomic E-state index is 10.2. The van der Waals surface area contributed by atoms with Crippen LogP contribution in [-0.4, -0.2) is 24.4 Å². The first-order chi connectivity index (χ1) is 4.72. The number of rotatable bonds is 5. The summed E-state index contributed by atoms with van der Waals surface area (Å²) in [6, 6.07) is 0.400. The molecule has 2 heteroatoms. The molecule has 0 saturated heterocycles. The van der Waals surface area contributed by atoms with Gasteiger partial charge < -0.3 is 4.90 Å². The molecule has 0 fully saturated rings. The lowest BCUT2D eigenvalue weighted by atomic mass is 10.1. The van der Waals surface area contributed by atoms with Gasteiger partial charge >= 0.3 is 0 Å². The van der Waals surface area contributed by atoms with Gasteiger partial charge in [-0.2, -0.15) is 0 Å². The van der Waals surface area contributed by atoms with Crippen LogP contribution >= 0.6 is 0 Å². The van der Waals surface area contributed by atoms with Gasteiger partial charge in [0.05, 0.1) is 0 Å². The zero-order valence-corrected chi connectivity index (χ0v) is 7.13. The molecule has 0 aromatic rings. The lowest BCUT2D eigenvalue weighted by molar-refractivity contribution is -0.118. The number of amides is 1. The molecule has 10 heavy (non-hydrogen) atoms. The number of nitrogens with zero attached hydrogens (tertiary/aromatic N) is 1. The summed E-state index contributed by atoms with van der Waals surface area (Å²) in [5.74, 6) is 0. The van der Waals surface area contributed by atoms with Gasteiger partial charge in [-0.1, -0.05) is 19.8 Å². The predicted molar refractivity (Wildman–Crippen MR) is 42.8 cm³/mol. The van der Waals surface area contributed by atoms with E-state index in [1.165, 1.54) is 12.8 Å². The molecule has 0 N–H and O–H groups in total. The smallest absolute Gasteiger partial charge is 0.209 e. The minimum Gasteiger partial charge on any atom is -0.346 e. The van der Waals surface area contributed by atoms with Gasteiger partial charge in [0.15, 0.2) is 0 Å². The van der Waals surface area contributed by atoms with Crippen LogP contribution in [0, 0.1) is 0 Å². The summed E-state index contributed by atoms with van der Waals surface area (Å²) in [6.45, 7) is 4.23. The van der Waals surface area contributed by atoms with Gasteiger partial charge in [0, 0.05) is 13.1 Å². The molecule has 0 bridgehead atoms. The van der Waals surface area contributed by atoms with Crippen LogP contribution in [-0.2, 0) is 4.79 Å². The zero-order valence-electron chi connectivity index (χ0n) is 7.13. The predicted octanol–water partition coefficient (Wildman–Crippen LogP) is 1.65. The molecule has 0 aliphatic heterocycles. The van der Waals surface area contributed by atoms with Crippen LogP contribution in [0.3, 0.4) is 0 Å². The molecule has 0 aromatic carbocycles. The van der Waals surface area contributed by atoms with Gasteiger partial charge in [-0.05, 0) is 13.3 Å². The van der Waals surface area contributed by atoms with Crippen molar-refractivity contribution >= 4 is 6.41 Å². The highest BCUT2D eigenvalue weighted by atomic mass is 16.1. The molecule has 0 aliphatic carbocycles. The van der Waals surface area contributed by atoms with Crippen molar-refractivity contribution < 1.29 is 4.79 Å². The average molecular weight is 143 g/mol. The van der Waals surface area contributed by atoms with Gasteiger partial charge in [-0.25, -0.2) is 0 Å². The topological polar surface area (TPSA) is 20.3 Å². The third kappa shape index (κ3) is 3.49. The Morgan fingerprint density at radius 3 is 2.60 bits per heavy atom. The lowest BCUT2D eigenvalue weighted by Gasteiger charge is -2.19. The molecular weight excluding hydrogens is 126 g/mol. The van der Waals surface area contributed by atoms with E-state index in [0.717, 1.165) is 12.8 Å². The fourth-order valence-corrected chi connectivity index (χ4v) is 0.807. The third-order valence-electron chi connectivity index (χ3n) is 1.84. The van der Waals surface area contributed by atoms with Crippen molar-refractivity contribution in [1.82, 2.24) is 4.90 Å². The maximum atomic E-state index is 10.2. The van der Waals surface area contributed by atoms with Crippen molar-refractivity contribution in [3.8, 4) is 0 Å². The van der Waals surface area contributed by atoms with Gasteiger partial charge in [0.2, 0.25) is 6.41 Å². The van der Waals surface area contributed by atoms with Gasteiger partial charge in [0.1, 0.15) is 0 Å². The molecule has 1 atom stereocenters. The van der Waals surface area contributed by atoms with Crippen molar-refractivity contribution in [2.75, 3.05) is 7.05 Å². The fourth-order valence-electron chi connectivity index (χ4n) is 0.807. The molecule has 1 unspecified atom stereocenters. The van der Waals surface area contributed by atoms with E-state index in [-0.39, 0.29) is 0 Å². The fraction of sp³-hybridized carbons (Fsp3) is 0.875. The highest BCUT2D eigenvalue weighted by Gasteiger charge is 2.04. The number of hydrogen-bond acceptors (Lipinski definition) is 1. The normalized spacial score (nSPS) is 12.7. The standard InChI is InChI=1S/C8H17NO/c1-4-5-6-8(2)9(3)7-10/h7-8H,4-6H2,1-3H3. The van der Waals surface area contributed by atoms with E-state index in [1.54, 1.807) is 4.90 Å². The van der Waals surface area contributed by atoms with E-state index >= 15 is 0 Å². The Labute approximate surface area is 63.2 Å². The number of carbonyl (C=O) groups excluding carboxylic acids is 1. The Morgan fingerprint density at radius 1 is 1.60 bits per heavy atom. The Kier molecular flexibility index (Phi) is 4.99. The highest BCUT2D eigenvalue weighted by Crippen LogP contribution is 2.03. The molecule has 0 spiro atoms. The first-order valence-electron chi connectivity index (χ1n) is 3.89. The summed E-state index contributed by atoms with van der Waals surface area (Å²) < 4.78 is 0. The second kappa shape index (κ2) is 5.27. The zero-order chi connectivity index (χ0) is 7.98. The molecular formula is C8H17NO. The van der Waals surface area contributed by atoms with E-state index in [0.29, 0.717) is 6.04 Å². The minimum atomic E-state index is 0.400. The summed E-state index contributed by atoms with van der Waals surface area (Å²) in [7, 11) is 1.83. The largest absolute Gasteiger partial charge is 0.346 e. The highest BCUT2D eigenvalue weighted by molar-refractivity contribution is 5.46. The second-order valence-electron chi connectivity index (χ2n) is 2.76. The molecule has 0 saturated carbocycles. The monoisotopic (exact) mass is 143 g/mol. The van der Waals surface area contributed by atoms with Gasteiger partial charge in [-0.3, -0.25) is 4.79 Å². The number of carbonyl (C=O) groups is 1. The van der Waals surface area contributed by atoms with E-state index in [4.69, 9.17) is 0 Å². The van der Waals surface area contributed by atoms with Crippen molar-refractivity contribution in [3.05, 3.63) is 0 Å². The molecule has 2 nitrogen and oxygen atoms in total. The molecule has 1 amide bonds. The van der Waals surface area contributed by atoms with Crippen molar-refractivity contribution in [2.45, 2.75) is 39.2 Å². The first-order valence-corrected chi connectivity index (χ1v) is 3.89. The summed E-state index contributed by atoms with van der Waals surface area (Å²) in [6.07, 6.45) is 4.42. The quantitative estimate of drug-likeness (QED) is 0.536. The number of unbranched alkanes of at least 4 members (excludes halogenated alkanes) is 1. The van der Waals surface area contributed by atoms with E-state index in [9.17, 15) is 4.79 Å². The number of hydrogen-bond donors (Lipinski definition) is 0. The van der Waals surface area contributed by atoms with Gasteiger partial charge in [-0.15, -0.1) is 0 Å². The second-order valence-corrected chi connectivity index (χ2v) is 2.76.